The van der Waals surface area contributed by atoms with E-state index in [0.717, 1.165) is 6.42 Å². The van der Waals surface area contributed by atoms with Crippen LogP contribution in [0.2, 0.25) is 0 Å². The zero-order chi connectivity index (χ0) is 13.0. The average Bonchev–Trinajstić information content (AvgIpc) is 2.28. The first-order chi connectivity index (χ1) is 8.01. The molecule has 0 fully saturated rings. The Morgan fingerprint density at radius 2 is 2.12 bits per heavy atom. The minimum atomic E-state index is -0.212. The molecule has 1 atom stereocenters. The summed E-state index contributed by atoms with van der Waals surface area (Å²) < 4.78 is 10.7. The van der Waals surface area contributed by atoms with Crippen molar-refractivity contribution in [2.24, 2.45) is 0 Å². The number of methoxy groups -OCH3 is 1. The van der Waals surface area contributed by atoms with Gasteiger partial charge in [0.1, 0.15) is 0 Å². The van der Waals surface area contributed by atoms with E-state index in [1.165, 1.54) is 20.1 Å². The molecule has 0 radical (unpaired) electrons. The predicted molar refractivity (Wildman–Crippen MR) is 65.0 cm³/mol. The number of hydrogen-bond donors (Lipinski definition) is 1. The predicted octanol–water partition coefficient (Wildman–Crippen LogP) is 2.78. The second kappa shape index (κ2) is 5.57. The van der Waals surface area contributed by atoms with Gasteiger partial charge in [0.15, 0.2) is 17.3 Å². The Morgan fingerprint density at radius 3 is 2.59 bits per heavy atom. The van der Waals surface area contributed by atoms with Crippen LogP contribution in [0, 0.1) is 0 Å². The van der Waals surface area contributed by atoms with Crippen LogP contribution in [0.5, 0.6) is 17.2 Å². The lowest BCUT2D eigenvalue weighted by atomic mass is 10.1. The second-order valence-electron chi connectivity index (χ2n) is 3.89. The first-order valence-electron chi connectivity index (χ1n) is 5.58. The maximum absolute atomic E-state index is 11.3. The van der Waals surface area contributed by atoms with Gasteiger partial charge in [-0.15, -0.1) is 0 Å². The van der Waals surface area contributed by atoms with Crippen molar-refractivity contribution in [3.8, 4) is 17.2 Å². The standard InChI is InChI=1S/C13H18O4/c1-5-8(2)17-11-7-6-10(9(3)14)12(15)13(11)16-4/h6-8,15H,5H2,1-4H3. The van der Waals surface area contributed by atoms with Gasteiger partial charge in [0.2, 0.25) is 5.75 Å². The molecule has 4 nitrogen and oxygen atoms in total. The van der Waals surface area contributed by atoms with E-state index in [9.17, 15) is 9.90 Å². The molecule has 1 aromatic rings. The van der Waals surface area contributed by atoms with Crippen molar-refractivity contribution in [3.63, 3.8) is 0 Å². The van der Waals surface area contributed by atoms with Gasteiger partial charge in [0, 0.05) is 0 Å². The Labute approximate surface area is 101 Å². The van der Waals surface area contributed by atoms with Crippen molar-refractivity contribution < 1.29 is 19.4 Å². The Morgan fingerprint density at radius 1 is 1.47 bits per heavy atom. The molecule has 0 aliphatic heterocycles. The normalized spacial score (nSPS) is 12.0. The van der Waals surface area contributed by atoms with Gasteiger partial charge in [-0.25, -0.2) is 0 Å². The van der Waals surface area contributed by atoms with Crippen molar-refractivity contribution in [2.45, 2.75) is 33.3 Å². The molecular weight excluding hydrogens is 220 g/mol. The summed E-state index contributed by atoms with van der Waals surface area (Å²) in [6, 6.07) is 3.18. The molecule has 0 saturated carbocycles. The first-order valence-corrected chi connectivity index (χ1v) is 5.58. The lowest BCUT2D eigenvalue weighted by molar-refractivity contribution is 0.101. The summed E-state index contributed by atoms with van der Waals surface area (Å²) in [5, 5.41) is 9.90. The third-order valence-corrected chi connectivity index (χ3v) is 2.58. The Hall–Kier alpha value is -1.71. The molecule has 4 heteroatoms. The number of hydrogen-bond acceptors (Lipinski definition) is 4. The lowest BCUT2D eigenvalue weighted by Gasteiger charge is -2.17. The van der Waals surface area contributed by atoms with Gasteiger partial charge < -0.3 is 14.6 Å². The molecule has 1 N–H and O–H groups in total. The SMILES string of the molecule is CCC(C)Oc1ccc(C(C)=O)c(O)c1OC. The Bertz CT molecular complexity index is 412. The number of Topliss-reactive ketones (excluding diaryl/α,β-unsaturated/α-hetero) is 1. The Kier molecular flexibility index (Phi) is 4.37. The van der Waals surface area contributed by atoms with Crippen LogP contribution >= 0.6 is 0 Å². The number of carbonyl (C=O) groups is 1. The van der Waals surface area contributed by atoms with Crippen molar-refractivity contribution in [1.29, 1.82) is 0 Å². The number of carbonyl (C=O) groups excluding carboxylic acids is 1. The molecule has 94 valence electrons. The fourth-order valence-corrected chi connectivity index (χ4v) is 1.43. The maximum Gasteiger partial charge on any atom is 0.203 e. The molecule has 1 rings (SSSR count). The highest BCUT2D eigenvalue weighted by Crippen LogP contribution is 2.39. The molecule has 17 heavy (non-hydrogen) atoms. The van der Waals surface area contributed by atoms with Gasteiger partial charge in [-0.3, -0.25) is 4.79 Å². The third-order valence-electron chi connectivity index (χ3n) is 2.58. The summed E-state index contributed by atoms with van der Waals surface area (Å²) in [7, 11) is 1.43. The van der Waals surface area contributed by atoms with Crippen molar-refractivity contribution in [3.05, 3.63) is 17.7 Å². The fraction of sp³-hybridized carbons (Fsp3) is 0.462. The second-order valence-corrected chi connectivity index (χ2v) is 3.89. The number of benzene rings is 1. The minimum Gasteiger partial charge on any atom is -0.504 e. The molecular formula is C13H18O4. The zero-order valence-corrected chi connectivity index (χ0v) is 10.6. The summed E-state index contributed by atoms with van der Waals surface area (Å²) in [6.07, 6.45) is 0.865. The molecule has 0 saturated heterocycles. The number of ether oxygens (including phenoxy) is 2. The molecule has 0 aliphatic rings. The highest BCUT2D eigenvalue weighted by atomic mass is 16.5. The van der Waals surface area contributed by atoms with Gasteiger partial charge in [-0.05, 0) is 32.4 Å². The molecule has 0 aromatic heterocycles. The van der Waals surface area contributed by atoms with Crippen LogP contribution in [0.3, 0.4) is 0 Å². The van der Waals surface area contributed by atoms with Crippen LogP contribution in [-0.4, -0.2) is 24.1 Å². The fourth-order valence-electron chi connectivity index (χ4n) is 1.43. The molecule has 0 spiro atoms. The number of rotatable bonds is 5. The van der Waals surface area contributed by atoms with Crippen molar-refractivity contribution in [2.75, 3.05) is 7.11 Å². The first kappa shape index (κ1) is 13.4. The quantitative estimate of drug-likeness (QED) is 0.801. The van der Waals surface area contributed by atoms with Crippen LogP contribution in [0.25, 0.3) is 0 Å². The van der Waals surface area contributed by atoms with Gasteiger partial charge in [-0.1, -0.05) is 6.92 Å². The van der Waals surface area contributed by atoms with E-state index < -0.39 is 0 Å². The van der Waals surface area contributed by atoms with Crippen LogP contribution in [0.4, 0.5) is 0 Å². The van der Waals surface area contributed by atoms with Crippen LogP contribution in [0.1, 0.15) is 37.6 Å². The van der Waals surface area contributed by atoms with E-state index in [0.29, 0.717) is 5.75 Å². The summed E-state index contributed by atoms with van der Waals surface area (Å²) >= 11 is 0. The van der Waals surface area contributed by atoms with E-state index in [2.05, 4.69) is 0 Å². The number of phenols is 1. The minimum absolute atomic E-state index is 0.0199. The summed E-state index contributed by atoms with van der Waals surface area (Å²) in [6.45, 7) is 5.32. The number of phenolic OH excluding ortho intramolecular Hbond substituents is 1. The maximum atomic E-state index is 11.3. The van der Waals surface area contributed by atoms with Gasteiger partial charge in [0.05, 0.1) is 18.8 Å². The van der Waals surface area contributed by atoms with E-state index in [4.69, 9.17) is 9.47 Å². The lowest BCUT2D eigenvalue weighted by Crippen LogP contribution is -2.11. The highest BCUT2D eigenvalue weighted by molar-refractivity contribution is 5.98. The van der Waals surface area contributed by atoms with E-state index in [1.54, 1.807) is 6.07 Å². The number of ketones is 1. The molecule has 1 unspecified atom stereocenters. The van der Waals surface area contributed by atoms with Gasteiger partial charge in [-0.2, -0.15) is 0 Å². The van der Waals surface area contributed by atoms with Crippen LogP contribution < -0.4 is 9.47 Å². The molecule has 0 heterocycles. The zero-order valence-electron chi connectivity index (χ0n) is 10.6. The molecule has 0 aliphatic carbocycles. The molecule has 0 amide bonds. The summed E-state index contributed by atoms with van der Waals surface area (Å²) in [4.78, 5) is 11.3. The smallest absolute Gasteiger partial charge is 0.203 e. The van der Waals surface area contributed by atoms with Gasteiger partial charge >= 0.3 is 0 Å². The monoisotopic (exact) mass is 238 g/mol. The van der Waals surface area contributed by atoms with E-state index in [1.807, 2.05) is 13.8 Å². The average molecular weight is 238 g/mol. The van der Waals surface area contributed by atoms with Crippen LogP contribution in [-0.2, 0) is 0 Å². The highest BCUT2D eigenvalue weighted by Gasteiger charge is 2.18. The van der Waals surface area contributed by atoms with E-state index in [-0.39, 0.29) is 28.9 Å². The van der Waals surface area contributed by atoms with Crippen LogP contribution in [0.15, 0.2) is 12.1 Å². The Balaban J connectivity index is 3.16. The largest absolute Gasteiger partial charge is 0.504 e. The number of aromatic hydroxyl groups is 1. The van der Waals surface area contributed by atoms with Gasteiger partial charge in [0.25, 0.3) is 0 Å². The van der Waals surface area contributed by atoms with Crippen molar-refractivity contribution >= 4 is 5.78 Å². The van der Waals surface area contributed by atoms with E-state index >= 15 is 0 Å². The van der Waals surface area contributed by atoms with Crippen molar-refractivity contribution in [1.82, 2.24) is 0 Å². The third kappa shape index (κ3) is 2.90. The molecule has 1 aromatic carbocycles. The molecule has 0 bridgehead atoms. The summed E-state index contributed by atoms with van der Waals surface area (Å²) in [5.41, 5.74) is 0.235. The topological polar surface area (TPSA) is 55.8 Å². The summed E-state index contributed by atoms with van der Waals surface area (Å²) in [5.74, 6) is 0.277.